The standard InChI is InChI=1S/C23H42N2O6S/c1-2-3-4-5-6-7-8-9-10-11-12-13-14-22(28)23-24(17-18-26)15-16-25(23)19-21(27)20-32(29,30)31/h6-7,21,26-27H,2-5,8-20H2,1H3/p+1/b7-6+. The molecular formula is C23H43N2O6S+. The van der Waals surface area contributed by atoms with Crippen LogP contribution in [0.25, 0.3) is 0 Å². The van der Waals surface area contributed by atoms with Crippen LogP contribution < -0.4 is 0 Å². The average molecular weight is 476 g/mol. The lowest BCUT2D eigenvalue weighted by molar-refractivity contribution is -0.525. The Bertz CT molecular complexity index is 705. The molecule has 9 heteroatoms. The highest BCUT2D eigenvalue weighted by atomic mass is 32.2. The Hall–Kier alpha value is -1.29. The van der Waals surface area contributed by atoms with E-state index in [-0.39, 0.29) is 18.9 Å². The van der Waals surface area contributed by atoms with Gasteiger partial charge in [-0.1, -0.05) is 51.2 Å². The third kappa shape index (κ3) is 12.7. The molecule has 1 rings (SSSR count). The number of ketones is 1. The van der Waals surface area contributed by atoms with Crippen LogP contribution in [0.5, 0.6) is 0 Å². The number of aliphatic hydroxyl groups is 2. The number of hydrogen-bond acceptors (Lipinski definition) is 6. The van der Waals surface area contributed by atoms with Crippen LogP contribution in [0.3, 0.4) is 0 Å². The van der Waals surface area contributed by atoms with E-state index in [0.717, 1.165) is 32.1 Å². The molecule has 3 N–H and O–H groups in total. The zero-order valence-corrected chi connectivity index (χ0v) is 20.4. The fourth-order valence-corrected chi connectivity index (χ4v) is 4.60. The van der Waals surface area contributed by atoms with E-state index in [1.807, 2.05) is 0 Å². The molecule has 0 aromatic carbocycles. The fraction of sp³-hybridized carbons (Fsp3) is 0.826. The number of carbonyl (C=O) groups is 1. The second kappa shape index (κ2) is 16.3. The molecule has 0 saturated heterocycles. The molecule has 0 aliphatic carbocycles. The molecule has 1 unspecified atom stereocenters. The summed E-state index contributed by atoms with van der Waals surface area (Å²) in [6, 6.07) is 0. The number of amidine groups is 1. The number of Topliss-reactive ketones (excluding diaryl/α,β-unsaturated/α-hetero) is 1. The first-order chi connectivity index (χ1) is 15.3. The second-order valence-electron chi connectivity index (χ2n) is 8.58. The summed E-state index contributed by atoms with van der Waals surface area (Å²) in [6.45, 7) is 3.39. The number of unbranched alkanes of at least 4 members (excludes halogenated alkanes) is 8. The number of β-amino-alcohol motifs (C(OH)–C–C–N with tert-alkyl or cyclic N) is 2. The molecule has 186 valence electrons. The molecule has 1 atom stereocenters. The van der Waals surface area contributed by atoms with E-state index < -0.39 is 22.0 Å². The van der Waals surface area contributed by atoms with Crippen LogP contribution in [0.15, 0.2) is 12.2 Å². The van der Waals surface area contributed by atoms with E-state index in [1.54, 1.807) is 9.48 Å². The van der Waals surface area contributed by atoms with Gasteiger partial charge in [-0.25, -0.2) is 0 Å². The first-order valence-electron chi connectivity index (χ1n) is 12.1. The molecule has 0 aromatic heterocycles. The van der Waals surface area contributed by atoms with Crippen molar-refractivity contribution in [2.75, 3.05) is 38.5 Å². The maximum Gasteiger partial charge on any atom is 0.316 e. The van der Waals surface area contributed by atoms with Gasteiger partial charge in [0.2, 0.25) is 5.78 Å². The zero-order chi connectivity index (χ0) is 23.8. The predicted molar refractivity (Wildman–Crippen MR) is 127 cm³/mol. The summed E-state index contributed by atoms with van der Waals surface area (Å²) in [6.07, 6.45) is 14.9. The monoisotopic (exact) mass is 475 g/mol. The highest BCUT2D eigenvalue weighted by Gasteiger charge is 2.36. The lowest BCUT2D eigenvalue weighted by Gasteiger charge is -2.13. The first kappa shape index (κ1) is 28.7. The van der Waals surface area contributed by atoms with Crippen LogP contribution in [0, 0.1) is 0 Å². The number of carbonyl (C=O) groups excluding carboxylic acids is 1. The van der Waals surface area contributed by atoms with Gasteiger partial charge in [0, 0.05) is 6.42 Å². The van der Waals surface area contributed by atoms with Gasteiger partial charge in [-0.2, -0.15) is 8.42 Å². The highest BCUT2D eigenvalue weighted by molar-refractivity contribution is 7.85. The van der Waals surface area contributed by atoms with Gasteiger partial charge in [0.1, 0.15) is 38.0 Å². The third-order valence-corrected chi connectivity index (χ3v) is 6.41. The van der Waals surface area contributed by atoms with Crippen molar-refractivity contribution in [3.05, 3.63) is 12.2 Å². The van der Waals surface area contributed by atoms with Crippen molar-refractivity contribution in [1.29, 1.82) is 0 Å². The molecule has 0 fully saturated rings. The quantitative estimate of drug-likeness (QED) is 0.114. The molecule has 0 aromatic rings. The summed E-state index contributed by atoms with van der Waals surface area (Å²) in [5, 5.41) is 19.3. The molecule has 0 bridgehead atoms. The van der Waals surface area contributed by atoms with Crippen molar-refractivity contribution in [3.8, 4) is 0 Å². The minimum Gasteiger partial charge on any atom is -0.392 e. The van der Waals surface area contributed by atoms with Crippen molar-refractivity contribution in [3.63, 3.8) is 0 Å². The topological polar surface area (TPSA) is 118 Å². The fourth-order valence-electron chi connectivity index (χ4n) is 4.01. The SMILES string of the molecule is CCCCC/C=C/CCCCCCCC(=O)C1=[N+](CC(O)CS(=O)(=O)O)CCN1CCO. The van der Waals surface area contributed by atoms with Gasteiger partial charge < -0.3 is 10.2 Å². The summed E-state index contributed by atoms with van der Waals surface area (Å²) < 4.78 is 32.6. The van der Waals surface area contributed by atoms with Crippen LogP contribution in [0.2, 0.25) is 0 Å². The number of nitrogens with zero attached hydrogens (tertiary/aromatic N) is 2. The summed E-state index contributed by atoms with van der Waals surface area (Å²) in [5.74, 6) is -0.384. The lowest BCUT2D eigenvalue weighted by Crippen LogP contribution is -2.40. The summed E-state index contributed by atoms with van der Waals surface area (Å²) in [5.41, 5.74) is 0. The first-order valence-corrected chi connectivity index (χ1v) is 13.7. The molecule has 1 aliphatic heterocycles. The molecule has 0 spiro atoms. The minimum absolute atomic E-state index is 0.0469. The van der Waals surface area contributed by atoms with Gasteiger partial charge in [-0.3, -0.25) is 18.8 Å². The van der Waals surface area contributed by atoms with Crippen molar-refractivity contribution >= 4 is 21.7 Å². The van der Waals surface area contributed by atoms with Crippen molar-refractivity contribution in [2.45, 2.75) is 83.7 Å². The number of hydrogen-bond donors (Lipinski definition) is 3. The Morgan fingerprint density at radius 2 is 1.72 bits per heavy atom. The lowest BCUT2D eigenvalue weighted by atomic mass is 10.1. The molecule has 8 nitrogen and oxygen atoms in total. The number of rotatable bonds is 19. The minimum atomic E-state index is -4.29. The van der Waals surface area contributed by atoms with Crippen molar-refractivity contribution in [1.82, 2.24) is 4.90 Å². The summed E-state index contributed by atoms with van der Waals surface area (Å²) in [4.78, 5) is 14.6. The van der Waals surface area contributed by atoms with Crippen molar-refractivity contribution in [2.24, 2.45) is 0 Å². The van der Waals surface area contributed by atoms with Gasteiger partial charge in [-0.15, -0.1) is 0 Å². The van der Waals surface area contributed by atoms with E-state index in [9.17, 15) is 23.4 Å². The van der Waals surface area contributed by atoms with Gasteiger partial charge in [0.25, 0.3) is 10.1 Å². The van der Waals surface area contributed by atoms with E-state index in [0.29, 0.717) is 31.9 Å². The number of allylic oxidation sites excluding steroid dienone is 2. The van der Waals surface area contributed by atoms with Crippen LogP contribution in [0.4, 0.5) is 0 Å². The molecule has 1 aliphatic rings. The maximum atomic E-state index is 12.8. The van der Waals surface area contributed by atoms with Crippen LogP contribution >= 0.6 is 0 Å². The van der Waals surface area contributed by atoms with Crippen LogP contribution in [-0.2, 0) is 14.9 Å². The van der Waals surface area contributed by atoms with Gasteiger partial charge in [0.15, 0.2) is 0 Å². The summed E-state index contributed by atoms with van der Waals surface area (Å²) >= 11 is 0. The van der Waals surface area contributed by atoms with Crippen LogP contribution in [0.1, 0.15) is 77.6 Å². The average Bonchev–Trinajstić information content (AvgIpc) is 3.09. The molecule has 0 saturated carbocycles. The Kier molecular flexibility index (Phi) is 14.7. The Morgan fingerprint density at radius 3 is 2.34 bits per heavy atom. The molecule has 1 heterocycles. The molecule has 32 heavy (non-hydrogen) atoms. The zero-order valence-electron chi connectivity index (χ0n) is 19.6. The molecule has 0 radical (unpaired) electrons. The molecule has 0 amide bonds. The number of aliphatic hydroxyl groups excluding tert-OH is 2. The molecular weight excluding hydrogens is 432 g/mol. The van der Waals surface area contributed by atoms with E-state index in [4.69, 9.17) is 4.55 Å². The largest absolute Gasteiger partial charge is 0.392 e. The van der Waals surface area contributed by atoms with E-state index in [1.165, 1.54) is 32.1 Å². The third-order valence-electron chi connectivity index (χ3n) is 5.61. The Morgan fingerprint density at radius 1 is 1.09 bits per heavy atom. The van der Waals surface area contributed by atoms with Crippen molar-refractivity contribution < 1.29 is 32.6 Å². The van der Waals surface area contributed by atoms with Gasteiger partial charge in [0.05, 0.1) is 6.61 Å². The Balaban J connectivity index is 2.39. The van der Waals surface area contributed by atoms with Crippen LogP contribution in [-0.4, -0.2) is 88.9 Å². The van der Waals surface area contributed by atoms with E-state index >= 15 is 0 Å². The van der Waals surface area contributed by atoms with Gasteiger partial charge in [-0.05, 0) is 32.1 Å². The van der Waals surface area contributed by atoms with Gasteiger partial charge >= 0.3 is 5.84 Å². The maximum absolute atomic E-state index is 12.8. The predicted octanol–water partition coefficient (Wildman–Crippen LogP) is 2.39. The second-order valence-corrected chi connectivity index (χ2v) is 10.1. The normalized spacial score (nSPS) is 15.8. The smallest absolute Gasteiger partial charge is 0.316 e. The summed E-state index contributed by atoms with van der Waals surface area (Å²) in [7, 11) is -4.29. The van der Waals surface area contributed by atoms with E-state index in [2.05, 4.69) is 19.1 Å². The highest BCUT2D eigenvalue weighted by Crippen LogP contribution is 2.12. The Labute approximate surface area is 193 Å².